The Hall–Kier alpha value is -2.14. The van der Waals surface area contributed by atoms with E-state index >= 15 is 0 Å². The van der Waals surface area contributed by atoms with E-state index in [0.29, 0.717) is 6.42 Å². The summed E-state index contributed by atoms with van der Waals surface area (Å²) >= 11 is 1.61. The van der Waals surface area contributed by atoms with Crippen LogP contribution in [0.1, 0.15) is 29.3 Å². The molecule has 0 radical (unpaired) electrons. The zero-order valence-electron chi connectivity index (χ0n) is 13.6. The van der Waals surface area contributed by atoms with Crippen molar-refractivity contribution < 1.29 is 14.3 Å². The third-order valence-corrected chi connectivity index (χ3v) is 4.41. The lowest BCUT2D eigenvalue weighted by molar-refractivity contribution is -0.153. The first-order valence-corrected chi connectivity index (χ1v) is 8.43. The number of carbonyl (C=O) groups is 2. The summed E-state index contributed by atoms with van der Waals surface area (Å²) in [4.78, 5) is 25.1. The third-order valence-electron chi connectivity index (χ3n) is 3.47. The van der Waals surface area contributed by atoms with Gasteiger partial charge in [0.05, 0.1) is 6.42 Å². The monoisotopic (exact) mass is 331 g/mol. The molecule has 1 amide bonds. The fourth-order valence-electron chi connectivity index (χ4n) is 2.18. The maximum atomic E-state index is 12.1. The van der Waals surface area contributed by atoms with Crippen molar-refractivity contribution in [2.45, 2.75) is 39.7 Å². The summed E-state index contributed by atoms with van der Waals surface area (Å²) in [7, 11) is 0. The van der Waals surface area contributed by atoms with Gasteiger partial charge in [-0.1, -0.05) is 23.8 Å². The molecule has 1 N–H and O–H groups in total. The second-order valence-electron chi connectivity index (χ2n) is 5.52. The molecule has 4 nitrogen and oxygen atoms in total. The van der Waals surface area contributed by atoms with Gasteiger partial charge in [-0.05, 0) is 50.3 Å². The first-order valence-electron chi connectivity index (χ1n) is 7.55. The Morgan fingerprint density at radius 3 is 2.70 bits per heavy atom. The van der Waals surface area contributed by atoms with Crippen LogP contribution in [0.4, 0.5) is 5.69 Å². The number of hydrogen-bond donors (Lipinski definition) is 1. The number of anilines is 1. The molecule has 0 spiro atoms. The summed E-state index contributed by atoms with van der Waals surface area (Å²) in [5.41, 5.74) is 2.85. The van der Waals surface area contributed by atoms with Crippen LogP contribution in [-0.2, 0) is 20.7 Å². The second kappa shape index (κ2) is 7.92. The van der Waals surface area contributed by atoms with Gasteiger partial charge in [0, 0.05) is 10.6 Å². The van der Waals surface area contributed by atoms with Crippen molar-refractivity contribution in [3.05, 3.63) is 51.7 Å². The minimum absolute atomic E-state index is 0.279. The highest BCUT2D eigenvalue weighted by atomic mass is 32.1. The molecule has 1 heterocycles. The normalized spacial score (nSPS) is 11.8. The molecule has 0 unspecified atom stereocenters. The maximum absolute atomic E-state index is 12.1. The SMILES string of the molecule is Cc1ccc(NC(=O)[C@@H](C)OC(=O)CCc2cccs2)c(C)c1. The molecule has 5 heteroatoms. The number of esters is 1. The lowest BCUT2D eigenvalue weighted by Gasteiger charge is -2.15. The number of ether oxygens (including phenoxy) is 1. The molecule has 1 aromatic carbocycles. The minimum atomic E-state index is -0.813. The van der Waals surface area contributed by atoms with Gasteiger partial charge in [0.25, 0.3) is 5.91 Å². The summed E-state index contributed by atoms with van der Waals surface area (Å²) in [5, 5.41) is 4.77. The fraction of sp³-hybridized carbons (Fsp3) is 0.333. The number of carbonyl (C=O) groups excluding carboxylic acids is 2. The minimum Gasteiger partial charge on any atom is -0.453 e. The van der Waals surface area contributed by atoms with Crippen LogP contribution in [0.3, 0.4) is 0 Å². The first kappa shape index (κ1) is 17.2. The zero-order valence-corrected chi connectivity index (χ0v) is 14.4. The number of thiophene rings is 1. The number of nitrogens with one attached hydrogen (secondary N) is 1. The largest absolute Gasteiger partial charge is 0.453 e. The topological polar surface area (TPSA) is 55.4 Å². The summed E-state index contributed by atoms with van der Waals surface area (Å²) in [5.74, 6) is -0.678. The average molecular weight is 331 g/mol. The lowest BCUT2D eigenvalue weighted by atomic mass is 10.1. The Bertz CT molecular complexity index is 680. The summed E-state index contributed by atoms with van der Waals surface area (Å²) < 4.78 is 5.20. The molecular formula is C18H21NO3S. The van der Waals surface area contributed by atoms with Crippen molar-refractivity contribution in [1.82, 2.24) is 0 Å². The molecular weight excluding hydrogens is 310 g/mol. The van der Waals surface area contributed by atoms with Crippen molar-refractivity contribution in [3.8, 4) is 0 Å². The Labute approximate surface area is 140 Å². The number of amides is 1. The Kier molecular flexibility index (Phi) is 5.93. The van der Waals surface area contributed by atoms with Crippen LogP contribution in [-0.4, -0.2) is 18.0 Å². The number of rotatable bonds is 6. The van der Waals surface area contributed by atoms with E-state index in [0.717, 1.165) is 21.7 Å². The average Bonchev–Trinajstić information content (AvgIpc) is 3.01. The molecule has 1 atom stereocenters. The Morgan fingerprint density at radius 1 is 1.26 bits per heavy atom. The van der Waals surface area contributed by atoms with Crippen molar-refractivity contribution in [1.29, 1.82) is 0 Å². The molecule has 23 heavy (non-hydrogen) atoms. The van der Waals surface area contributed by atoms with E-state index in [1.54, 1.807) is 18.3 Å². The molecule has 0 saturated heterocycles. The van der Waals surface area contributed by atoms with Crippen LogP contribution in [0.15, 0.2) is 35.7 Å². The molecule has 0 bridgehead atoms. The van der Waals surface area contributed by atoms with Crippen molar-refractivity contribution in [2.24, 2.45) is 0 Å². The molecule has 2 rings (SSSR count). The van der Waals surface area contributed by atoms with Crippen molar-refractivity contribution in [3.63, 3.8) is 0 Å². The van der Waals surface area contributed by atoms with Gasteiger partial charge in [0.1, 0.15) is 0 Å². The molecule has 0 saturated carbocycles. The number of aryl methyl sites for hydroxylation is 3. The van der Waals surface area contributed by atoms with Gasteiger partial charge in [0.15, 0.2) is 6.10 Å². The van der Waals surface area contributed by atoms with Crippen LogP contribution in [0.25, 0.3) is 0 Å². The molecule has 2 aromatic rings. The molecule has 0 aliphatic carbocycles. The molecule has 1 aromatic heterocycles. The van der Waals surface area contributed by atoms with Gasteiger partial charge in [-0.15, -0.1) is 11.3 Å². The standard InChI is InChI=1S/C18H21NO3S/c1-12-6-8-16(13(2)11-12)19-18(21)14(3)22-17(20)9-7-15-5-4-10-23-15/h4-6,8,10-11,14H,7,9H2,1-3H3,(H,19,21)/t14-/m1/s1. The second-order valence-corrected chi connectivity index (χ2v) is 6.55. The van der Waals surface area contributed by atoms with E-state index in [1.165, 1.54) is 0 Å². The van der Waals surface area contributed by atoms with Crippen LogP contribution in [0.5, 0.6) is 0 Å². The predicted octanol–water partition coefficient (Wildman–Crippen LogP) is 3.87. The first-order chi connectivity index (χ1) is 11.0. The predicted molar refractivity (Wildman–Crippen MR) is 92.7 cm³/mol. The smallest absolute Gasteiger partial charge is 0.306 e. The summed E-state index contributed by atoms with van der Waals surface area (Å²) in [6.07, 6.45) is 0.107. The van der Waals surface area contributed by atoms with Crippen molar-refractivity contribution >= 4 is 28.9 Å². The summed E-state index contributed by atoms with van der Waals surface area (Å²) in [6, 6.07) is 9.71. The van der Waals surface area contributed by atoms with Crippen LogP contribution < -0.4 is 5.32 Å². The van der Waals surface area contributed by atoms with E-state index in [2.05, 4.69) is 5.32 Å². The van der Waals surface area contributed by atoms with Crippen LogP contribution >= 0.6 is 11.3 Å². The van der Waals surface area contributed by atoms with E-state index in [1.807, 2.05) is 49.6 Å². The maximum Gasteiger partial charge on any atom is 0.306 e. The molecule has 0 fully saturated rings. The van der Waals surface area contributed by atoms with Gasteiger partial charge in [-0.2, -0.15) is 0 Å². The van der Waals surface area contributed by atoms with E-state index in [-0.39, 0.29) is 18.3 Å². The van der Waals surface area contributed by atoms with E-state index in [4.69, 9.17) is 4.74 Å². The lowest BCUT2D eigenvalue weighted by Crippen LogP contribution is -2.30. The van der Waals surface area contributed by atoms with E-state index < -0.39 is 6.10 Å². The Morgan fingerprint density at radius 2 is 2.04 bits per heavy atom. The highest BCUT2D eigenvalue weighted by molar-refractivity contribution is 7.09. The van der Waals surface area contributed by atoms with Gasteiger partial charge in [-0.25, -0.2) is 0 Å². The van der Waals surface area contributed by atoms with Crippen LogP contribution in [0, 0.1) is 13.8 Å². The van der Waals surface area contributed by atoms with Crippen LogP contribution in [0.2, 0.25) is 0 Å². The van der Waals surface area contributed by atoms with Gasteiger partial charge in [-0.3, -0.25) is 9.59 Å². The quantitative estimate of drug-likeness (QED) is 0.818. The van der Waals surface area contributed by atoms with Crippen molar-refractivity contribution in [2.75, 3.05) is 5.32 Å². The highest BCUT2D eigenvalue weighted by Crippen LogP contribution is 2.17. The molecule has 0 aliphatic heterocycles. The Balaban J connectivity index is 1.83. The summed E-state index contributed by atoms with van der Waals surface area (Å²) in [6.45, 7) is 5.51. The third kappa shape index (κ3) is 5.21. The van der Waals surface area contributed by atoms with Gasteiger partial charge >= 0.3 is 5.97 Å². The van der Waals surface area contributed by atoms with Gasteiger partial charge < -0.3 is 10.1 Å². The highest BCUT2D eigenvalue weighted by Gasteiger charge is 2.18. The molecule has 0 aliphatic rings. The molecule has 122 valence electrons. The number of benzene rings is 1. The fourth-order valence-corrected chi connectivity index (χ4v) is 2.89. The van der Waals surface area contributed by atoms with E-state index in [9.17, 15) is 9.59 Å². The number of hydrogen-bond acceptors (Lipinski definition) is 4. The van der Waals surface area contributed by atoms with Gasteiger partial charge in [0.2, 0.25) is 0 Å². The zero-order chi connectivity index (χ0) is 16.8.